The lowest BCUT2D eigenvalue weighted by atomic mass is 10.0. The highest BCUT2D eigenvalue weighted by Crippen LogP contribution is 2.28. The van der Waals surface area contributed by atoms with Gasteiger partial charge in [-0.25, -0.2) is 15.4 Å². The molecule has 0 amide bonds. The van der Waals surface area contributed by atoms with E-state index in [4.69, 9.17) is 9.72 Å². The van der Waals surface area contributed by atoms with Gasteiger partial charge in [-0.05, 0) is 36.8 Å². The first kappa shape index (κ1) is 17.7. The van der Waals surface area contributed by atoms with E-state index in [1.807, 2.05) is 66.7 Å². The summed E-state index contributed by atoms with van der Waals surface area (Å²) in [5.74, 6) is 1.24. The summed E-state index contributed by atoms with van der Waals surface area (Å²) in [6, 6.07) is 24.0. The molecule has 0 spiro atoms. The van der Waals surface area contributed by atoms with Crippen LogP contribution in [0.4, 0.5) is 5.95 Å². The van der Waals surface area contributed by atoms with Crippen molar-refractivity contribution in [1.82, 2.24) is 9.97 Å². The fourth-order valence-corrected chi connectivity index (χ4v) is 2.99. The first-order valence-corrected chi connectivity index (χ1v) is 9.00. The van der Waals surface area contributed by atoms with Crippen LogP contribution in [0.3, 0.4) is 0 Å². The molecule has 28 heavy (non-hydrogen) atoms. The standard InChI is InChI=1S/C23H20N4O/c1-16-11-12-21-20(13-16)22(18-8-4-3-5-9-18)26-23(25-21)27-24-15-17-7-6-10-19(14-17)28-2/h3-15H,1-2H3,(H,25,26,27)/b24-15+. The Balaban J connectivity index is 1.69. The van der Waals surface area contributed by atoms with Crippen LogP contribution in [0.15, 0.2) is 77.9 Å². The van der Waals surface area contributed by atoms with Gasteiger partial charge in [0.25, 0.3) is 0 Å². The van der Waals surface area contributed by atoms with Crippen LogP contribution in [-0.4, -0.2) is 23.3 Å². The van der Waals surface area contributed by atoms with Gasteiger partial charge < -0.3 is 4.74 Å². The Hall–Kier alpha value is -3.73. The van der Waals surface area contributed by atoms with Gasteiger partial charge in [-0.3, -0.25) is 0 Å². The van der Waals surface area contributed by atoms with E-state index in [9.17, 15) is 0 Å². The largest absolute Gasteiger partial charge is 0.497 e. The Labute approximate surface area is 163 Å². The molecule has 1 heterocycles. The van der Waals surface area contributed by atoms with Gasteiger partial charge in [0.1, 0.15) is 5.75 Å². The number of hydrazone groups is 1. The first-order valence-electron chi connectivity index (χ1n) is 9.00. The van der Waals surface area contributed by atoms with E-state index >= 15 is 0 Å². The smallest absolute Gasteiger partial charge is 0.244 e. The molecule has 0 radical (unpaired) electrons. The van der Waals surface area contributed by atoms with Crippen LogP contribution in [0.2, 0.25) is 0 Å². The molecule has 1 N–H and O–H groups in total. The van der Waals surface area contributed by atoms with Gasteiger partial charge in [-0.1, -0.05) is 54.1 Å². The Morgan fingerprint density at radius 1 is 0.929 bits per heavy atom. The van der Waals surface area contributed by atoms with Crippen molar-refractivity contribution in [2.24, 2.45) is 5.10 Å². The van der Waals surface area contributed by atoms with Gasteiger partial charge in [0.2, 0.25) is 5.95 Å². The molecule has 0 unspecified atom stereocenters. The first-order chi connectivity index (χ1) is 13.7. The summed E-state index contributed by atoms with van der Waals surface area (Å²) in [6.07, 6.45) is 1.72. The minimum absolute atomic E-state index is 0.453. The number of aromatic nitrogens is 2. The number of benzene rings is 3. The molecule has 0 bridgehead atoms. The Kier molecular flexibility index (Phi) is 4.97. The molecule has 0 aliphatic rings. The van der Waals surface area contributed by atoms with Crippen molar-refractivity contribution >= 4 is 23.1 Å². The second-order valence-corrected chi connectivity index (χ2v) is 6.43. The Bertz CT molecular complexity index is 1140. The number of nitrogens with one attached hydrogen (secondary N) is 1. The molecule has 0 saturated carbocycles. The van der Waals surface area contributed by atoms with Crippen LogP contribution in [0.5, 0.6) is 5.75 Å². The average molecular weight is 368 g/mol. The second kappa shape index (κ2) is 7.88. The third-order valence-corrected chi connectivity index (χ3v) is 4.37. The molecular weight excluding hydrogens is 348 g/mol. The van der Waals surface area contributed by atoms with Gasteiger partial charge >= 0.3 is 0 Å². The van der Waals surface area contributed by atoms with Gasteiger partial charge in [-0.2, -0.15) is 5.10 Å². The third-order valence-electron chi connectivity index (χ3n) is 4.37. The lowest BCUT2D eigenvalue weighted by Crippen LogP contribution is -2.00. The molecule has 138 valence electrons. The van der Waals surface area contributed by atoms with E-state index in [0.29, 0.717) is 5.95 Å². The summed E-state index contributed by atoms with van der Waals surface area (Å²) in [5, 5.41) is 5.31. The van der Waals surface area contributed by atoms with E-state index in [-0.39, 0.29) is 0 Å². The zero-order valence-electron chi connectivity index (χ0n) is 15.8. The van der Waals surface area contributed by atoms with Crippen LogP contribution in [0, 0.1) is 6.92 Å². The van der Waals surface area contributed by atoms with Crippen LogP contribution in [0.1, 0.15) is 11.1 Å². The summed E-state index contributed by atoms with van der Waals surface area (Å²) in [6.45, 7) is 2.07. The molecule has 5 nitrogen and oxygen atoms in total. The van der Waals surface area contributed by atoms with Crippen molar-refractivity contribution < 1.29 is 4.74 Å². The monoisotopic (exact) mass is 368 g/mol. The molecule has 0 aliphatic carbocycles. The number of hydrogen-bond acceptors (Lipinski definition) is 5. The number of aryl methyl sites for hydroxylation is 1. The Morgan fingerprint density at radius 3 is 2.61 bits per heavy atom. The molecule has 0 fully saturated rings. The zero-order valence-corrected chi connectivity index (χ0v) is 15.8. The van der Waals surface area contributed by atoms with Crippen LogP contribution in [0.25, 0.3) is 22.2 Å². The Morgan fingerprint density at radius 2 is 1.79 bits per heavy atom. The van der Waals surface area contributed by atoms with Gasteiger partial charge in [-0.15, -0.1) is 0 Å². The van der Waals surface area contributed by atoms with Crippen LogP contribution in [-0.2, 0) is 0 Å². The third kappa shape index (κ3) is 3.83. The molecular formula is C23H20N4O. The maximum atomic E-state index is 5.24. The average Bonchev–Trinajstić information content (AvgIpc) is 2.74. The van der Waals surface area contributed by atoms with Crippen molar-refractivity contribution in [2.75, 3.05) is 12.5 Å². The highest BCUT2D eigenvalue weighted by Gasteiger charge is 2.09. The van der Waals surface area contributed by atoms with E-state index in [1.54, 1.807) is 13.3 Å². The maximum Gasteiger partial charge on any atom is 0.244 e. The van der Waals surface area contributed by atoms with Gasteiger partial charge in [0.15, 0.2) is 0 Å². The molecule has 0 atom stereocenters. The molecule has 4 rings (SSSR count). The van der Waals surface area contributed by atoms with Crippen molar-refractivity contribution in [2.45, 2.75) is 6.92 Å². The van der Waals surface area contributed by atoms with Gasteiger partial charge in [0.05, 0.1) is 24.5 Å². The minimum Gasteiger partial charge on any atom is -0.497 e. The fraction of sp³-hybridized carbons (Fsp3) is 0.0870. The fourth-order valence-electron chi connectivity index (χ4n) is 2.99. The predicted molar refractivity (Wildman–Crippen MR) is 114 cm³/mol. The number of anilines is 1. The van der Waals surface area contributed by atoms with Crippen molar-refractivity contribution in [3.05, 3.63) is 83.9 Å². The number of nitrogens with zero attached hydrogens (tertiary/aromatic N) is 3. The summed E-state index contributed by atoms with van der Waals surface area (Å²) in [7, 11) is 1.64. The summed E-state index contributed by atoms with van der Waals surface area (Å²) in [4.78, 5) is 9.32. The summed E-state index contributed by atoms with van der Waals surface area (Å²) >= 11 is 0. The van der Waals surface area contributed by atoms with E-state index < -0.39 is 0 Å². The number of methoxy groups -OCH3 is 1. The van der Waals surface area contributed by atoms with Crippen molar-refractivity contribution in [1.29, 1.82) is 0 Å². The van der Waals surface area contributed by atoms with Crippen molar-refractivity contribution in [3.63, 3.8) is 0 Å². The summed E-state index contributed by atoms with van der Waals surface area (Å²) < 4.78 is 5.24. The van der Waals surface area contributed by atoms with E-state index in [1.165, 1.54) is 5.56 Å². The topological polar surface area (TPSA) is 59.4 Å². The SMILES string of the molecule is COc1cccc(/C=N/Nc2nc(-c3ccccc3)c3cc(C)ccc3n2)c1. The highest BCUT2D eigenvalue weighted by atomic mass is 16.5. The highest BCUT2D eigenvalue weighted by molar-refractivity contribution is 5.93. The summed E-state index contributed by atoms with van der Waals surface area (Å²) in [5.41, 5.74) is 7.85. The lowest BCUT2D eigenvalue weighted by molar-refractivity contribution is 0.415. The van der Waals surface area contributed by atoms with E-state index in [2.05, 4.69) is 28.5 Å². The zero-order chi connectivity index (χ0) is 19.3. The minimum atomic E-state index is 0.453. The molecule has 3 aromatic carbocycles. The number of fused-ring (bicyclic) bond motifs is 1. The number of ether oxygens (including phenoxy) is 1. The van der Waals surface area contributed by atoms with E-state index in [0.717, 1.165) is 33.5 Å². The maximum absolute atomic E-state index is 5.24. The van der Waals surface area contributed by atoms with Crippen LogP contribution >= 0.6 is 0 Å². The molecule has 0 aliphatic heterocycles. The number of rotatable bonds is 5. The van der Waals surface area contributed by atoms with Crippen molar-refractivity contribution in [3.8, 4) is 17.0 Å². The normalized spacial score (nSPS) is 11.1. The molecule has 1 aromatic heterocycles. The van der Waals surface area contributed by atoms with Gasteiger partial charge in [0, 0.05) is 10.9 Å². The second-order valence-electron chi connectivity index (χ2n) is 6.43. The predicted octanol–water partition coefficient (Wildman–Crippen LogP) is 5.06. The molecule has 0 saturated heterocycles. The molecule has 5 heteroatoms. The van der Waals surface area contributed by atoms with Crippen LogP contribution < -0.4 is 10.2 Å². The molecule has 4 aromatic rings. The lowest BCUT2D eigenvalue weighted by Gasteiger charge is -2.09. The quantitative estimate of drug-likeness (QED) is 0.395. The number of hydrogen-bond donors (Lipinski definition) is 1.